The highest BCUT2D eigenvalue weighted by Crippen LogP contribution is 2.24. The average molecular weight is 274 g/mol. The van der Waals surface area contributed by atoms with Crippen LogP contribution in [0.3, 0.4) is 0 Å². The van der Waals surface area contributed by atoms with E-state index in [1.165, 1.54) is 37.1 Å². The fraction of sp³-hybridized carbons (Fsp3) is 0.647. The Kier molecular flexibility index (Phi) is 4.11. The van der Waals surface area contributed by atoms with Crippen molar-refractivity contribution in [1.82, 2.24) is 9.80 Å². The summed E-state index contributed by atoms with van der Waals surface area (Å²) in [7, 11) is 0. The summed E-state index contributed by atoms with van der Waals surface area (Å²) < 4.78 is 0. The van der Waals surface area contributed by atoms with E-state index in [1.807, 2.05) is 0 Å². The van der Waals surface area contributed by atoms with Crippen LogP contribution in [0.25, 0.3) is 0 Å². The van der Waals surface area contributed by atoms with Crippen LogP contribution in [0.5, 0.6) is 0 Å². The zero-order chi connectivity index (χ0) is 14.1. The van der Waals surface area contributed by atoms with Gasteiger partial charge in [-0.25, -0.2) is 0 Å². The molecule has 2 saturated heterocycles. The Bertz CT molecular complexity index is 454. The van der Waals surface area contributed by atoms with Crippen LogP contribution < -0.4 is 0 Å². The summed E-state index contributed by atoms with van der Waals surface area (Å²) in [6, 6.07) is 7.12. The standard InChI is InChI=1S/C17H26N2O/c1-13-8-14(2)10-15(9-13)17(20)12-18-6-7-19-5-3-4-16(19)11-18/h8-10,16-17,20H,3-7,11-12H2,1-2H3. The number of benzene rings is 1. The van der Waals surface area contributed by atoms with Crippen molar-refractivity contribution in [1.29, 1.82) is 0 Å². The van der Waals surface area contributed by atoms with E-state index in [0.717, 1.165) is 31.2 Å². The van der Waals surface area contributed by atoms with Gasteiger partial charge in [-0.15, -0.1) is 0 Å². The van der Waals surface area contributed by atoms with Crippen LogP contribution >= 0.6 is 0 Å². The Morgan fingerprint density at radius 3 is 2.65 bits per heavy atom. The van der Waals surface area contributed by atoms with Gasteiger partial charge in [-0.2, -0.15) is 0 Å². The number of hydrogen-bond acceptors (Lipinski definition) is 3. The normalized spacial score (nSPS) is 25.6. The minimum absolute atomic E-state index is 0.360. The van der Waals surface area contributed by atoms with Gasteiger partial charge in [0, 0.05) is 32.2 Å². The third-order valence-corrected chi connectivity index (χ3v) is 4.73. The largest absolute Gasteiger partial charge is 0.387 e. The molecule has 0 spiro atoms. The van der Waals surface area contributed by atoms with Gasteiger partial charge < -0.3 is 5.11 Å². The molecule has 2 heterocycles. The van der Waals surface area contributed by atoms with Gasteiger partial charge in [-0.05, 0) is 38.8 Å². The van der Waals surface area contributed by atoms with Gasteiger partial charge in [-0.3, -0.25) is 9.80 Å². The molecule has 1 aromatic rings. The van der Waals surface area contributed by atoms with Gasteiger partial charge in [0.25, 0.3) is 0 Å². The minimum atomic E-state index is -0.360. The van der Waals surface area contributed by atoms with Gasteiger partial charge in [0.15, 0.2) is 0 Å². The molecule has 2 aliphatic heterocycles. The molecule has 0 bridgehead atoms. The number of rotatable bonds is 3. The minimum Gasteiger partial charge on any atom is -0.387 e. The van der Waals surface area contributed by atoms with E-state index in [2.05, 4.69) is 41.8 Å². The fourth-order valence-corrected chi connectivity index (χ4v) is 3.77. The second-order valence-corrected chi connectivity index (χ2v) is 6.53. The molecule has 110 valence electrons. The van der Waals surface area contributed by atoms with E-state index in [1.54, 1.807) is 0 Å². The zero-order valence-electron chi connectivity index (χ0n) is 12.7. The van der Waals surface area contributed by atoms with Gasteiger partial charge >= 0.3 is 0 Å². The first-order chi connectivity index (χ1) is 9.61. The number of β-amino-alcohol motifs (C(OH)–C–C–N with tert-alkyl or cyclic N) is 1. The van der Waals surface area contributed by atoms with E-state index >= 15 is 0 Å². The first-order valence-corrected chi connectivity index (χ1v) is 7.84. The van der Waals surface area contributed by atoms with E-state index in [4.69, 9.17) is 0 Å². The maximum atomic E-state index is 10.5. The number of aryl methyl sites for hydroxylation is 2. The smallest absolute Gasteiger partial charge is 0.0917 e. The summed E-state index contributed by atoms with van der Waals surface area (Å²) in [6.45, 7) is 9.64. The predicted molar refractivity (Wildman–Crippen MR) is 81.9 cm³/mol. The van der Waals surface area contributed by atoms with Crippen LogP contribution in [0.4, 0.5) is 0 Å². The predicted octanol–water partition coefficient (Wildman–Crippen LogP) is 2.12. The molecule has 0 radical (unpaired) electrons. The molecular weight excluding hydrogens is 248 g/mol. The van der Waals surface area contributed by atoms with Crippen LogP contribution in [0, 0.1) is 13.8 Å². The van der Waals surface area contributed by atoms with Crippen molar-refractivity contribution in [3.05, 3.63) is 34.9 Å². The maximum Gasteiger partial charge on any atom is 0.0917 e. The third kappa shape index (κ3) is 3.05. The fourth-order valence-electron chi connectivity index (χ4n) is 3.77. The number of hydrogen-bond donors (Lipinski definition) is 1. The second-order valence-electron chi connectivity index (χ2n) is 6.53. The Balaban J connectivity index is 1.62. The number of aliphatic hydroxyl groups is 1. The van der Waals surface area contributed by atoms with Crippen LogP contribution in [-0.4, -0.2) is 53.7 Å². The van der Waals surface area contributed by atoms with Crippen molar-refractivity contribution < 1.29 is 5.11 Å². The van der Waals surface area contributed by atoms with Gasteiger partial charge in [0.05, 0.1) is 6.10 Å². The summed E-state index contributed by atoms with van der Waals surface area (Å²) >= 11 is 0. The van der Waals surface area contributed by atoms with Crippen molar-refractivity contribution in [2.45, 2.75) is 38.8 Å². The Morgan fingerprint density at radius 2 is 1.90 bits per heavy atom. The SMILES string of the molecule is Cc1cc(C)cc(C(O)CN2CCN3CCCC3C2)c1. The van der Waals surface area contributed by atoms with Crippen LogP contribution in [0.1, 0.15) is 35.6 Å². The lowest BCUT2D eigenvalue weighted by atomic mass is 10.0. The highest BCUT2D eigenvalue weighted by Gasteiger charge is 2.31. The molecule has 3 nitrogen and oxygen atoms in total. The first kappa shape index (κ1) is 14.1. The molecule has 2 fully saturated rings. The molecule has 2 atom stereocenters. The van der Waals surface area contributed by atoms with E-state index in [9.17, 15) is 5.11 Å². The van der Waals surface area contributed by atoms with Crippen molar-refractivity contribution in [3.63, 3.8) is 0 Å². The lowest BCUT2D eigenvalue weighted by Gasteiger charge is -2.38. The maximum absolute atomic E-state index is 10.5. The molecule has 0 saturated carbocycles. The summed E-state index contributed by atoms with van der Waals surface area (Å²) in [5.74, 6) is 0. The van der Waals surface area contributed by atoms with Crippen molar-refractivity contribution in [3.8, 4) is 0 Å². The van der Waals surface area contributed by atoms with Crippen LogP contribution in [0.15, 0.2) is 18.2 Å². The number of fused-ring (bicyclic) bond motifs is 1. The topological polar surface area (TPSA) is 26.7 Å². The van der Waals surface area contributed by atoms with E-state index in [0.29, 0.717) is 0 Å². The van der Waals surface area contributed by atoms with Crippen molar-refractivity contribution in [2.24, 2.45) is 0 Å². The molecule has 3 rings (SSSR count). The average Bonchev–Trinajstić information content (AvgIpc) is 2.85. The van der Waals surface area contributed by atoms with Crippen molar-refractivity contribution in [2.75, 3.05) is 32.7 Å². The second kappa shape index (κ2) is 5.84. The van der Waals surface area contributed by atoms with Gasteiger partial charge in [0.1, 0.15) is 0 Å². The summed E-state index contributed by atoms with van der Waals surface area (Å²) in [5, 5.41) is 10.5. The van der Waals surface area contributed by atoms with Gasteiger partial charge in [-0.1, -0.05) is 29.3 Å². The summed E-state index contributed by atoms with van der Waals surface area (Å²) in [5.41, 5.74) is 3.54. The molecule has 2 unspecified atom stereocenters. The highest BCUT2D eigenvalue weighted by atomic mass is 16.3. The molecule has 0 amide bonds. The number of piperazine rings is 1. The molecule has 20 heavy (non-hydrogen) atoms. The molecule has 0 aromatic heterocycles. The zero-order valence-corrected chi connectivity index (χ0v) is 12.7. The number of nitrogens with zero attached hydrogens (tertiary/aromatic N) is 2. The van der Waals surface area contributed by atoms with Crippen molar-refractivity contribution >= 4 is 0 Å². The Morgan fingerprint density at radius 1 is 1.15 bits per heavy atom. The molecule has 2 aliphatic rings. The van der Waals surface area contributed by atoms with E-state index in [-0.39, 0.29) is 6.10 Å². The molecule has 1 N–H and O–H groups in total. The molecule has 0 aliphatic carbocycles. The quantitative estimate of drug-likeness (QED) is 0.914. The molecule has 1 aromatic carbocycles. The van der Waals surface area contributed by atoms with E-state index < -0.39 is 0 Å². The highest BCUT2D eigenvalue weighted by molar-refractivity contribution is 5.30. The first-order valence-electron chi connectivity index (χ1n) is 7.84. The Labute approximate surface area is 122 Å². The molecular formula is C17H26N2O. The van der Waals surface area contributed by atoms with Crippen LogP contribution in [0.2, 0.25) is 0 Å². The number of aliphatic hydroxyl groups excluding tert-OH is 1. The lowest BCUT2D eigenvalue weighted by molar-refractivity contribution is 0.0565. The third-order valence-electron chi connectivity index (χ3n) is 4.73. The summed E-state index contributed by atoms with van der Waals surface area (Å²) in [6.07, 6.45) is 2.32. The monoisotopic (exact) mass is 274 g/mol. The molecule has 3 heteroatoms. The van der Waals surface area contributed by atoms with Gasteiger partial charge in [0.2, 0.25) is 0 Å². The Hall–Kier alpha value is -0.900. The lowest BCUT2D eigenvalue weighted by Crippen LogP contribution is -2.50. The van der Waals surface area contributed by atoms with Crippen LogP contribution in [-0.2, 0) is 0 Å². The summed E-state index contributed by atoms with van der Waals surface area (Å²) in [4.78, 5) is 5.05.